The van der Waals surface area contributed by atoms with Gasteiger partial charge < -0.3 is 10.3 Å². The lowest BCUT2D eigenvalue weighted by Gasteiger charge is -2.02. The molecule has 0 saturated heterocycles. The fraction of sp³-hybridized carbons (Fsp3) is 0. The van der Waals surface area contributed by atoms with E-state index in [-0.39, 0.29) is 11.2 Å². The zero-order chi connectivity index (χ0) is 10.1. The first-order valence-corrected chi connectivity index (χ1v) is 3.91. The molecule has 0 atom stereocenters. The number of benzene rings is 1. The zero-order valence-corrected chi connectivity index (χ0v) is 7.04. The van der Waals surface area contributed by atoms with E-state index in [0.29, 0.717) is 10.2 Å². The van der Waals surface area contributed by atoms with Gasteiger partial charge in [0.1, 0.15) is 11.7 Å². The quantitative estimate of drug-likeness (QED) is 0.526. The Bertz CT molecular complexity index is 510. The third-order valence-corrected chi connectivity index (χ3v) is 1.86. The highest BCUT2D eigenvalue weighted by atomic mass is 16.5. The summed E-state index contributed by atoms with van der Waals surface area (Å²) in [5.41, 5.74) is 0.364. The number of aromatic nitrogens is 2. The molecule has 14 heavy (non-hydrogen) atoms. The number of rotatable bonds is 1. The highest BCUT2D eigenvalue weighted by Crippen LogP contribution is 2.06. The molecule has 2 rings (SSSR count). The van der Waals surface area contributed by atoms with Crippen LogP contribution in [-0.2, 0) is 0 Å². The smallest absolute Gasteiger partial charge is 0.404 e. The van der Waals surface area contributed by atoms with Crippen molar-refractivity contribution in [1.29, 1.82) is 0 Å². The maximum absolute atomic E-state index is 11.5. The van der Waals surface area contributed by atoms with E-state index in [0.717, 1.165) is 6.20 Å². The standard InChI is InChI=1S/C9H6N2O3/c12-9(13)8-5-10-6-3-1-2-4-7(6)11(8)14/h1-5H,(H,12,13). The minimum absolute atomic E-state index is 0.257. The molecule has 1 aromatic heterocycles. The van der Waals surface area contributed by atoms with Crippen LogP contribution in [0.3, 0.4) is 0 Å². The second kappa shape index (κ2) is 2.95. The van der Waals surface area contributed by atoms with Gasteiger partial charge in [-0.05, 0) is 6.07 Å². The van der Waals surface area contributed by atoms with Crippen molar-refractivity contribution in [3.63, 3.8) is 0 Å². The van der Waals surface area contributed by atoms with Gasteiger partial charge in [-0.15, -0.1) is 0 Å². The van der Waals surface area contributed by atoms with Gasteiger partial charge in [0.2, 0.25) is 5.52 Å². The van der Waals surface area contributed by atoms with Crippen molar-refractivity contribution in [2.24, 2.45) is 0 Å². The number of carbonyl (C=O) groups is 1. The Kier molecular flexibility index (Phi) is 1.78. The molecule has 2 aromatic rings. The van der Waals surface area contributed by atoms with Crippen LogP contribution in [0, 0.1) is 5.21 Å². The van der Waals surface area contributed by atoms with Crippen molar-refractivity contribution in [3.05, 3.63) is 41.4 Å². The van der Waals surface area contributed by atoms with Gasteiger partial charge in [0.25, 0.3) is 0 Å². The van der Waals surface area contributed by atoms with E-state index in [1.165, 1.54) is 6.07 Å². The molecule has 1 N–H and O–H groups in total. The predicted molar refractivity (Wildman–Crippen MR) is 47.7 cm³/mol. The van der Waals surface area contributed by atoms with Crippen molar-refractivity contribution in [1.82, 2.24) is 4.98 Å². The maximum atomic E-state index is 11.5. The van der Waals surface area contributed by atoms with E-state index in [9.17, 15) is 10.0 Å². The molecule has 5 nitrogen and oxygen atoms in total. The molecular formula is C9H6N2O3. The normalized spacial score (nSPS) is 10.3. The van der Waals surface area contributed by atoms with Crippen molar-refractivity contribution in [2.45, 2.75) is 0 Å². The first-order valence-electron chi connectivity index (χ1n) is 3.91. The van der Waals surface area contributed by atoms with Crippen molar-refractivity contribution in [2.75, 3.05) is 0 Å². The van der Waals surface area contributed by atoms with Crippen molar-refractivity contribution in [3.8, 4) is 0 Å². The van der Waals surface area contributed by atoms with E-state index >= 15 is 0 Å². The molecule has 5 heteroatoms. The van der Waals surface area contributed by atoms with Gasteiger partial charge in [0, 0.05) is 6.07 Å². The average molecular weight is 190 g/mol. The van der Waals surface area contributed by atoms with Crippen LogP contribution in [0.5, 0.6) is 0 Å². The van der Waals surface area contributed by atoms with Gasteiger partial charge in [0.05, 0.1) is 0 Å². The fourth-order valence-electron chi connectivity index (χ4n) is 1.20. The molecule has 0 spiro atoms. The second-order valence-corrected chi connectivity index (χ2v) is 2.73. The van der Waals surface area contributed by atoms with E-state index < -0.39 is 5.97 Å². The van der Waals surface area contributed by atoms with E-state index in [2.05, 4.69) is 4.98 Å². The highest BCUT2D eigenvalue weighted by Gasteiger charge is 2.17. The van der Waals surface area contributed by atoms with E-state index in [1.807, 2.05) is 0 Å². The van der Waals surface area contributed by atoms with Gasteiger partial charge in [-0.3, -0.25) is 0 Å². The molecule has 0 fully saturated rings. The van der Waals surface area contributed by atoms with Gasteiger partial charge in [-0.1, -0.05) is 12.1 Å². The van der Waals surface area contributed by atoms with E-state index in [1.54, 1.807) is 18.2 Å². The summed E-state index contributed by atoms with van der Waals surface area (Å²) in [5, 5.41) is 20.1. The minimum atomic E-state index is -1.28. The Morgan fingerprint density at radius 2 is 2.14 bits per heavy atom. The third kappa shape index (κ3) is 1.15. The minimum Gasteiger partial charge on any atom is -0.618 e. The summed E-state index contributed by atoms with van der Waals surface area (Å²) in [6.45, 7) is 0. The zero-order valence-electron chi connectivity index (χ0n) is 7.04. The second-order valence-electron chi connectivity index (χ2n) is 2.73. The molecule has 0 radical (unpaired) electrons. The molecule has 0 bridgehead atoms. The lowest BCUT2D eigenvalue weighted by Crippen LogP contribution is -2.35. The SMILES string of the molecule is O=C(O)c1cnc2ccccc2[n+]1[O-]. The number of fused-ring (bicyclic) bond motifs is 1. The van der Waals surface area contributed by atoms with Gasteiger partial charge >= 0.3 is 11.7 Å². The fourth-order valence-corrected chi connectivity index (χ4v) is 1.20. The van der Waals surface area contributed by atoms with Crippen LogP contribution in [0.2, 0.25) is 0 Å². The van der Waals surface area contributed by atoms with Crippen LogP contribution in [0.1, 0.15) is 10.5 Å². The van der Waals surface area contributed by atoms with Crippen LogP contribution in [-0.4, -0.2) is 16.1 Å². The van der Waals surface area contributed by atoms with Crippen LogP contribution >= 0.6 is 0 Å². The predicted octanol–water partition coefficient (Wildman–Crippen LogP) is 0.566. The largest absolute Gasteiger partial charge is 0.618 e. The van der Waals surface area contributed by atoms with Crippen LogP contribution in [0.15, 0.2) is 30.5 Å². The number of hydrogen-bond acceptors (Lipinski definition) is 3. The first kappa shape index (κ1) is 8.43. The topological polar surface area (TPSA) is 77.1 Å². The third-order valence-electron chi connectivity index (χ3n) is 1.86. The molecular weight excluding hydrogens is 184 g/mol. The van der Waals surface area contributed by atoms with Crippen LogP contribution in [0.25, 0.3) is 11.0 Å². The first-order chi connectivity index (χ1) is 6.70. The number of carboxylic acid groups (broad SMARTS) is 1. The molecule has 0 unspecified atom stereocenters. The van der Waals surface area contributed by atoms with Crippen LogP contribution in [0.4, 0.5) is 0 Å². The summed E-state index contributed by atoms with van der Waals surface area (Å²) < 4.78 is 0.366. The Balaban J connectivity index is 2.81. The summed E-state index contributed by atoms with van der Waals surface area (Å²) in [7, 11) is 0. The summed E-state index contributed by atoms with van der Waals surface area (Å²) in [6.07, 6.45) is 1.05. The molecule has 70 valence electrons. The molecule has 0 aliphatic carbocycles. The van der Waals surface area contributed by atoms with Gasteiger partial charge in [-0.2, -0.15) is 4.73 Å². The molecule has 0 aliphatic heterocycles. The summed E-state index contributed by atoms with van der Waals surface area (Å²) in [4.78, 5) is 14.5. The van der Waals surface area contributed by atoms with Crippen LogP contribution < -0.4 is 4.73 Å². The number of hydrogen-bond donors (Lipinski definition) is 1. The van der Waals surface area contributed by atoms with Gasteiger partial charge in [-0.25, -0.2) is 9.78 Å². The summed E-state index contributed by atoms with van der Waals surface area (Å²) in [6, 6.07) is 6.57. The summed E-state index contributed by atoms with van der Waals surface area (Å²) in [5.74, 6) is -1.28. The Morgan fingerprint density at radius 3 is 2.86 bits per heavy atom. The number of nitrogens with zero attached hydrogens (tertiary/aromatic N) is 2. The molecule has 1 heterocycles. The lowest BCUT2D eigenvalue weighted by molar-refractivity contribution is -0.580. The monoisotopic (exact) mass is 190 g/mol. The Morgan fingerprint density at radius 1 is 1.43 bits per heavy atom. The van der Waals surface area contributed by atoms with Gasteiger partial charge in [0.15, 0.2) is 0 Å². The summed E-state index contributed by atoms with van der Waals surface area (Å²) >= 11 is 0. The lowest BCUT2D eigenvalue weighted by atomic mass is 10.3. The van der Waals surface area contributed by atoms with Crippen molar-refractivity contribution < 1.29 is 14.6 Å². The van der Waals surface area contributed by atoms with Crippen molar-refractivity contribution >= 4 is 17.0 Å². The van der Waals surface area contributed by atoms with E-state index in [4.69, 9.17) is 5.11 Å². The maximum Gasteiger partial charge on any atom is 0.404 e. The molecule has 0 amide bonds. The highest BCUT2D eigenvalue weighted by molar-refractivity contribution is 5.84. The number of carboxylic acids is 1. The Labute approximate surface area is 78.8 Å². The average Bonchev–Trinajstić information content (AvgIpc) is 2.18. The molecule has 0 saturated carbocycles. The number of para-hydroxylation sites is 2. The Hall–Kier alpha value is -2.17. The molecule has 0 aliphatic rings. The number of aromatic carboxylic acids is 1. The molecule has 1 aromatic carbocycles.